The Morgan fingerprint density at radius 2 is 2.40 bits per heavy atom. The van der Waals surface area contributed by atoms with Crippen LogP contribution in [0.15, 0.2) is 11.4 Å². The predicted octanol–water partition coefficient (Wildman–Crippen LogP) is 3.15. The summed E-state index contributed by atoms with van der Waals surface area (Å²) in [6, 6.07) is 1.60. The second kappa shape index (κ2) is 3.96. The molecule has 0 bridgehead atoms. The van der Waals surface area contributed by atoms with Crippen LogP contribution in [-0.2, 0) is 0 Å². The highest BCUT2D eigenvalue weighted by atomic mass is 32.1. The number of rotatable bonds is 2. The van der Waals surface area contributed by atoms with Crippen molar-refractivity contribution in [2.75, 3.05) is 0 Å². The highest BCUT2D eigenvalue weighted by Crippen LogP contribution is 2.37. The monoisotopic (exact) mass is 231 g/mol. The highest BCUT2D eigenvalue weighted by molar-refractivity contribution is 7.03. The maximum absolute atomic E-state index is 13.1. The van der Waals surface area contributed by atoms with E-state index in [1.54, 1.807) is 11.4 Å². The van der Waals surface area contributed by atoms with Gasteiger partial charge >= 0.3 is 0 Å². The van der Waals surface area contributed by atoms with Crippen LogP contribution in [0.5, 0.6) is 0 Å². The van der Waals surface area contributed by atoms with Crippen LogP contribution in [0, 0.1) is 5.92 Å². The number of halogens is 2. The van der Waals surface area contributed by atoms with Crippen LogP contribution in [0.25, 0.3) is 0 Å². The fraction of sp³-hybridized carbons (Fsp3) is 0.600. The first-order chi connectivity index (χ1) is 7.08. The summed E-state index contributed by atoms with van der Waals surface area (Å²) in [4.78, 5) is 11.8. The Bertz CT molecular complexity index is 350. The van der Waals surface area contributed by atoms with Crippen LogP contribution in [0.4, 0.5) is 8.78 Å². The van der Waals surface area contributed by atoms with Crippen LogP contribution in [-0.4, -0.2) is 16.1 Å². The summed E-state index contributed by atoms with van der Waals surface area (Å²) in [7, 11) is 0. The zero-order valence-electron chi connectivity index (χ0n) is 8.08. The molecule has 82 valence electrons. The quantitative estimate of drug-likeness (QED) is 0.732. The summed E-state index contributed by atoms with van der Waals surface area (Å²) in [5.41, 5.74) is 0.336. The molecule has 0 saturated heterocycles. The lowest BCUT2D eigenvalue weighted by molar-refractivity contribution is -0.0478. The molecule has 1 saturated carbocycles. The molecule has 1 aliphatic rings. The molecule has 0 amide bonds. The van der Waals surface area contributed by atoms with E-state index in [1.807, 2.05) is 0 Å². The molecule has 0 aromatic carbocycles. The summed E-state index contributed by atoms with van der Waals surface area (Å²) < 4.78 is 30.1. The van der Waals surface area contributed by atoms with Crippen LogP contribution in [0.2, 0.25) is 0 Å². The first kappa shape index (κ1) is 10.7. The Balaban J connectivity index is 2.08. The maximum Gasteiger partial charge on any atom is 0.248 e. The van der Waals surface area contributed by atoms with E-state index in [1.165, 1.54) is 11.5 Å². The number of carbonyl (C=O) groups excluding carboxylic acids is 1. The molecule has 1 fully saturated rings. The zero-order valence-corrected chi connectivity index (χ0v) is 8.90. The van der Waals surface area contributed by atoms with Gasteiger partial charge in [0, 0.05) is 24.1 Å². The number of carbonyl (C=O) groups is 1. The smallest absolute Gasteiger partial charge is 0.248 e. The van der Waals surface area contributed by atoms with Gasteiger partial charge in [0.2, 0.25) is 5.92 Å². The van der Waals surface area contributed by atoms with Gasteiger partial charge in [-0.05, 0) is 30.4 Å². The molecule has 1 aromatic heterocycles. The number of ketones is 1. The first-order valence-corrected chi connectivity index (χ1v) is 5.74. The third-order valence-corrected chi connectivity index (χ3v) is 3.26. The molecule has 0 radical (unpaired) electrons. The standard InChI is InChI=1S/C10H11F2NOS/c11-10(12)4-1-2-7(6-10)9(14)8-3-5-15-13-8/h3,5,7H,1-2,4,6H2. The lowest BCUT2D eigenvalue weighted by atomic mass is 9.83. The van der Waals surface area contributed by atoms with E-state index in [0.29, 0.717) is 18.5 Å². The Morgan fingerprint density at radius 1 is 1.60 bits per heavy atom. The largest absolute Gasteiger partial charge is 0.292 e. The molecule has 5 heteroatoms. The number of hydrogen-bond acceptors (Lipinski definition) is 3. The van der Waals surface area contributed by atoms with Gasteiger partial charge in [0.25, 0.3) is 0 Å². The van der Waals surface area contributed by atoms with Gasteiger partial charge in [0.1, 0.15) is 5.69 Å². The van der Waals surface area contributed by atoms with E-state index in [0.717, 1.165) is 0 Å². The second-order valence-electron chi connectivity index (χ2n) is 3.90. The van der Waals surface area contributed by atoms with Crippen LogP contribution in [0.3, 0.4) is 0 Å². The SMILES string of the molecule is O=C(c1ccsn1)C1CCCC(F)(F)C1. The van der Waals surface area contributed by atoms with E-state index in [2.05, 4.69) is 4.37 Å². The van der Waals surface area contributed by atoms with Gasteiger partial charge in [0.15, 0.2) is 5.78 Å². The van der Waals surface area contributed by atoms with E-state index in [9.17, 15) is 13.6 Å². The van der Waals surface area contributed by atoms with Gasteiger partial charge in [-0.25, -0.2) is 8.78 Å². The van der Waals surface area contributed by atoms with Crippen molar-refractivity contribution in [3.8, 4) is 0 Å². The van der Waals surface area contributed by atoms with Crippen LogP contribution in [0.1, 0.15) is 36.2 Å². The molecular formula is C10H11F2NOS. The second-order valence-corrected chi connectivity index (χ2v) is 4.56. The topological polar surface area (TPSA) is 30.0 Å². The van der Waals surface area contributed by atoms with Crippen molar-refractivity contribution in [1.82, 2.24) is 4.37 Å². The molecule has 0 aliphatic heterocycles. The van der Waals surface area contributed by atoms with Crippen molar-refractivity contribution in [2.24, 2.45) is 5.92 Å². The van der Waals surface area contributed by atoms with Crippen LogP contribution < -0.4 is 0 Å². The first-order valence-electron chi connectivity index (χ1n) is 4.91. The third kappa shape index (κ3) is 2.40. The van der Waals surface area contributed by atoms with Crippen molar-refractivity contribution in [2.45, 2.75) is 31.6 Å². The molecule has 2 rings (SSSR count). The normalized spacial score (nSPS) is 25.1. The Kier molecular flexibility index (Phi) is 2.82. The lowest BCUT2D eigenvalue weighted by Crippen LogP contribution is -2.30. The summed E-state index contributed by atoms with van der Waals surface area (Å²) >= 11 is 1.17. The average Bonchev–Trinajstić information content (AvgIpc) is 2.67. The molecule has 1 aliphatic carbocycles. The van der Waals surface area contributed by atoms with Crippen molar-refractivity contribution >= 4 is 17.3 Å². The molecule has 1 unspecified atom stereocenters. The maximum atomic E-state index is 13.1. The minimum atomic E-state index is -2.67. The summed E-state index contributed by atoms with van der Waals surface area (Å²) in [6.07, 6.45) is 0.580. The molecular weight excluding hydrogens is 220 g/mol. The molecule has 0 N–H and O–H groups in total. The molecule has 1 aromatic rings. The molecule has 1 heterocycles. The summed E-state index contributed by atoms with van der Waals surface area (Å²) in [5.74, 6) is -3.44. The molecule has 1 atom stereocenters. The third-order valence-electron chi connectivity index (χ3n) is 2.70. The highest BCUT2D eigenvalue weighted by Gasteiger charge is 2.39. The van der Waals surface area contributed by atoms with Gasteiger partial charge in [-0.3, -0.25) is 4.79 Å². The van der Waals surface area contributed by atoms with Crippen molar-refractivity contribution in [1.29, 1.82) is 0 Å². The van der Waals surface area contributed by atoms with Gasteiger partial charge in [-0.2, -0.15) is 4.37 Å². The van der Waals surface area contributed by atoms with Gasteiger partial charge < -0.3 is 0 Å². The van der Waals surface area contributed by atoms with Gasteiger partial charge in [-0.1, -0.05) is 0 Å². The summed E-state index contributed by atoms with van der Waals surface area (Å²) in [6.45, 7) is 0. The van der Waals surface area contributed by atoms with Gasteiger partial charge in [0.05, 0.1) is 0 Å². The predicted molar refractivity (Wildman–Crippen MR) is 53.3 cm³/mol. The molecule has 15 heavy (non-hydrogen) atoms. The van der Waals surface area contributed by atoms with Crippen LogP contribution >= 0.6 is 11.5 Å². The van der Waals surface area contributed by atoms with E-state index in [4.69, 9.17) is 0 Å². The Hall–Kier alpha value is -0.840. The lowest BCUT2D eigenvalue weighted by Gasteiger charge is -2.27. The minimum Gasteiger partial charge on any atom is -0.292 e. The number of Topliss-reactive ketones (excluding diaryl/α,β-unsaturated/α-hetero) is 1. The van der Waals surface area contributed by atoms with Crippen molar-refractivity contribution in [3.05, 3.63) is 17.1 Å². The number of aromatic nitrogens is 1. The van der Waals surface area contributed by atoms with E-state index < -0.39 is 11.8 Å². The van der Waals surface area contributed by atoms with Crippen molar-refractivity contribution < 1.29 is 13.6 Å². The van der Waals surface area contributed by atoms with E-state index >= 15 is 0 Å². The fourth-order valence-electron chi connectivity index (χ4n) is 1.94. The number of hydrogen-bond donors (Lipinski definition) is 0. The van der Waals surface area contributed by atoms with Gasteiger partial charge in [-0.15, -0.1) is 0 Å². The molecule has 2 nitrogen and oxygen atoms in total. The minimum absolute atomic E-state index is 0.0894. The number of alkyl halides is 2. The number of nitrogens with zero attached hydrogens (tertiary/aromatic N) is 1. The average molecular weight is 231 g/mol. The Morgan fingerprint density at radius 3 is 3.00 bits per heavy atom. The molecule has 0 spiro atoms. The Labute approximate surface area is 90.5 Å². The summed E-state index contributed by atoms with van der Waals surface area (Å²) in [5, 5.41) is 1.69. The fourth-order valence-corrected chi connectivity index (χ4v) is 2.46. The zero-order chi connectivity index (χ0) is 10.9. The van der Waals surface area contributed by atoms with Crippen molar-refractivity contribution in [3.63, 3.8) is 0 Å². The van der Waals surface area contributed by atoms with E-state index in [-0.39, 0.29) is 18.6 Å².